The highest BCUT2D eigenvalue weighted by Crippen LogP contribution is 2.38. The van der Waals surface area contributed by atoms with E-state index in [1.54, 1.807) is 6.08 Å². The van der Waals surface area contributed by atoms with Crippen molar-refractivity contribution in [3.05, 3.63) is 35.9 Å². The van der Waals surface area contributed by atoms with Gasteiger partial charge in [0.2, 0.25) is 5.91 Å². The summed E-state index contributed by atoms with van der Waals surface area (Å²) in [6, 6.07) is 2.55. The molecule has 25 heavy (non-hydrogen) atoms. The van der Waals surface area contributed by atoms with Gasteiger partial charge in [-0.1, -0.05) is 17.8 Å². The summed E-state index contributed by atoms with van der Waals surface area (Å²) in [5.74, 6) is 1.30. The van der Waals surface area contributed by atoms with Crippen molar-refractivity contribution in [1.29, 1.82) is 0 Å². The molecule has 7 nitrogen and oxygen atoms in total. The van der Waals surface area contributed by atoms with Gasteiger partial charge in [0.25, 0.3) is 0 Å². The van der Waals surface area contributed by atoms with Crippen molar-refractivity contribution < 1.29 is 4.79 Å². The Bertz CT molecular complexity index is 761. The number of amides is 1. The molecule has 2 aromatic heterocycles. The van der Waals surface area contributed by atoms with E-state index in [2.05, 4.69) is 44.7 Å². The van der Waals surface area contributed by atoms with Crippen LogP contribution in [-0.2, 0) is 17.8 Å². The smallest absolute Gasteiger partial charge is 0.230 e. The molecule has 1 fully saturated rings. The molecule has 0 aromatic carbocycles. The molecule has 0 aliphatic heterocycles. The fourth-order valence-corrected chi connectivity index (χ4v) is 3.60. The van der Waals surface area contributed by atoms with Crippen LogP contribution in [0.3, 0.4) is 0 Å². The SMILES string of the molecule is C=CCNC(=O)CSc1nnc(CCn2nc(C)cc2C)n1C1CC1. The molecule has 1 aliphatic rings. The van der Waals surface area contributed by atoms with E-state index >= 15 is 0 Å². The standard InChI is InChI=1S/C17H24N6OS/c1-4-8-18-16(24)11-25-17-20-19-15(23(17)14-5-6-14)7-9-22-13(3)10-12(2)21-22/h4,10,14H,1,5-9,11H2,2-3H3,(H,18,24). The Balaban J connectivity index is 1.64. The zero-order chi connectivity index (χ0) is 17.8. The van der Waals surface area contributed by atoms with Gasteiger partial charge in [-0.3, -0.25) is 9.48 Å². The number of nitrogens with one attached hydrogen (secondary N) is 1. The van der Waals surface area contributed by atoms with E-state index in [9.17, 15) is 4.79 Å². The van der Waals surface area contributed by atoms with Crippen molar-refractivity contribution in [1.82, 2.24) is 29.9 Å². The summed E-state index contributed by atoms with van der Waals surface area (Å²) >= 11 is 1.44. The lowest BCUT2D eigenvalue weighted by molar-refractivity contribution is -0.118. The summed E-state index contributed by atoms with van der Waals surface area (Å²) in [5.41, 5.74) is 2.19. The average molecular weight is 360 g/mol. The monoisotopic (exact) mass is 360 g/mol. The highest BCUT2D eigenvalue weighted by Gasteiger charge is 2.29. The van der Waals surface area contributed by atoms with Gasteiger partial charge in [0.1, 0.15) is 5.82 Å². The van der Waals surface area contributed by atoms with E-state index < -0.39 is 0 Å². The molecule has 0 saturated heterocycles. The molecule has 134 valence electrons. The van der Waals surface area contributed by atoms with Gasteiger partial charge >= 0.3 is 0 Å². The average Bonchev–Trinajstić information content (AvgIpc) is 3.26. The number of hydrogen-bond acceptors (Lipinski definition) is 5. The van der Waals surface area contributed by atoms with Gasteiger partial charge in [0.05, 0.1) is 11.4 Å². The highest BCUT2D eigenvalue weighted by atomic mass is 32.2. The number of nitrogens with zero attached hydrogens (tertiary/aromatic N) is 5. The van der Waals surface area contributed by atoms with E-state index in [0.29, 0.717) is 18.3 Å². The normalized spacial score (nSPS) is 13.8. The van der Waals surface area contributed by atoms with Crippen molar-refractivity contribution >= 4 is 17.7 Å². The second-order valence-electron chi connectivity index (χ2n) is 6.28. The lowest BCUT2D eigenvalue weighted by Gasteiger charge is -2.09. The largest absolute Gasteiger partial charge is 0.352 e. The fourth-order valence-electron chi connectivity index (χ4n) is 2.75. The Hall–Kier alpha value is -2.09. The van der Waals surface area contributed by atoms with Crippen molar-refractivity contribution in [2.24, 2.45) is 0 Å². The van der Waals surface area contributed by atoms with Gasteiger partial charge in [-0.05, 0) is 32.8 Å². The Morgan fingerprint density at radius 3 is 2.88 bits per heavy atom. The fraction of sp³-hybridized carbons (Fsp3) is 0.529. The van der Waals surface area contributed by atoms with Gasteiger partial charge in [-0.15, -0.1) is 16.8 Å². The molecule has 0 unspecified atom stereocenters. The van der Waals surface area contributed by atoms with Crippen molar-refractivity contribution in [3.63, 3.8) is 0 Å². The quantitative estimate of drug-likeness (QED) is 0.547. The predicted molar refractivity (Wildman–Crippen MR) is 97.6 cm³/mol. The number of thioether (sulfide) groups is 1. The maximum absolute atomic E-state index is 11.8. The third-order valence-electron chi connectivity index (χ3n) is 4.07. The first kappa shape index (κ1) is 17.7. The molecule has 1 aliphatic carbocycles. The van der Waals surface area contributed by atoms with Crippen LogP contribution in [0.15, 0.2) is 23.9 Å². The number of aryl methyl sites for hydroxylation is 4. The predicted octanol–water partition coefficient (Wildman–Crippen LogP) is 2.06. The summed E-state index contributed by atoms with van der Waals surface area (Å²) in [6.07, 6.45) is 4.77. The molecule has 0 spiro atoms. The van der Waals surface area contributed by atoms with Crippen LogP contribution >= 0.6 is 11.8 Å². The molecule has 2 heterocycles. The molecule has 1 amide bonds. The first-order valence-corrected chi connectivity index (χ1v) is 9.52. The summed E-state index contributed by atoms with van der Waals surface area (Å²) in [4.78, 5) is 11.8. The van der Waals surface area contributed by atoms with Gasteiger partial charge in [0, 0.05) is 31.2 Å². The third-order valence-corrected chi connectivity index (χ3v) is 5.02. The lowest BCUT2D eigenvalue weighted by atomic mass is 10.3. The minimum Gasteiger partial charge on any atom is -0.352 e. The van der Waals surface area contributed by atoms with Gasteiger partial charge in [-0.25, -0.2) is 0 Å². The summed E-state index contributed by atoms with van der Waals surface area (Å²) in [5, 5.41) is 16.8. The Morgan fingerprint density at radius 2 is 2.24 bits per heavy atom. The zero-order valence-corrected chi connectivity index (χ0v) is 15.6. The number of carbonyl (C=O) groups excluding carboxylic acids is 1. The maximum Gasteiger partial charge on any atom is 0.230 e. The van der Waals surface area contributed by atoms with Crippen LogP contribution in [0, 0.1) is 13.8 Å². The minimum absolute atomic E-state index is 0.0144. The van der Waals surface area contributed by atoms with E-state index in [1.807, 2.05) is 11.6 Å². The zero-order valence-electron chi connectivity index (χ0n) is 14.7. The number of rotatable bonds is 9. The van der Waals surface area contributed by atoms with Crippen LogP contribution in [0.1, 0.15) is 36.1 Å². The molecule has 0 bridgehead atoms. The van der Waals surface area contributed by atoms with E-state index in [4.69, 9.17) is 0 Å². The van der Waals surface area contributed by atoms with Crippen molar-refractivity contribution in [2.75, 3.05) is 12.3 Å². The number of carbonyl (C=O) groups is 1. The molecule has 1 N–H and O–H groups in total. The van der Waals surface area contributed by atoms with Crippen LogP contribution in [0.25, 0.3) is 0 Å². The van der Waals surface area contributed by atoms with Crippen LogP contribution in [-0.4, -0.2) is 42.7 Å². The Kier molecular flexibility index (Phi) is 5.57. The van der Waals surface area contributed by atoms with Crippen molar-refractivity contribution in [3.8, 4) is 0 Å². The summed E-state index contributed by atoms with van der Waals surface area (Å²) in [7, 11) is 0. The van der Waals surface area contributed by atoms with Gasteiger partial charge in [0.15, 0.2) is 5.16 Å². The molecule has 1 saturated carbocycles. The second-order valence-corrected chi connectivity index (χ2v) is 7.22. The molecule has 3 rings (SSSR count). The van der Waals surface area contributed by atoms with Crippen LogP contribution in [0.5, 0.6) is 0 Å². The van der Waals surface area contributed by atoms with Crippen molar-refractivity contribution in [2.45, 2.75) is 50.9 Å². The number of hydrogen-bond donors (Lipinski definition) is 1. The summed E-state index contributed by atoms with van der Waals surface area (Å²) < 4.78 is 4.22. The molecular formula is C17H24N6OS. The lowest BCUT2D eigenvalue weighted by Crippen LogP contribution is -2.25. The van der Waals surface area contributed by atoms with E-state index in [0.717, 1.165) is 48.2 Å². The summed E-state index contributed by atoms with van der Waals surface area (Å²) in [6.45, 7) is 8.94. The highest BCUT2D eigenvalue weighted by molar-refractivity contribution is 7.99. The van der Waals surface area contributed by atoms with Gasteiger partial charge in [-0.2, -0.15) is 5.10 Å². The minimum atomic E-state index is -0.0144. The van der Waals surface area contributed by atoms with Crippen LogP contribution < -0.4 is 5.32 Å². The van der Waals surface area contributed by atoms with E-state index in [1.165, 1.54) is 11.8 Å². The molecule has 0 radical (unpaired) electrons. The molecule has 2 aromatic rings. The number of aromatic nitrogens is 5. The molecular weight excluding hydrogens is 336 g/mol. The van der Waals surface area contributed by atoms with E-state index in [-0.39, 0.29) is 5.91 Å². The Labute approximate surface area is 151 Å². The van der Waals surface area contributed by atoms with Crippen LogP contribution in [0.4, 0.5) is 0 Å². The maximum atomic E-state index is 11.8. The molecule has 8 heteroatoms. The van der Waals surface area contributed by atoms with Gasteiger partial charge < -0.3 is 9.88 Å². The topological polar surface area (TPSA) is 77.6 Å². The first-order valence-electron chi connectivity index (χ1n) is 8.53. The first-order chi connectivity index (χ1) is 12.1. The Morgan fingerprint density at radius 1 is 1.44 bits per heavy atom. The van der Waals surface area contributed by atoms with Crippen LogP contribution in [0.2, 0.25) is 0 Å². The second kappa shape index (κ2) is 7.86. The molecule has 0 atom stereocenters. The third kappa shape index (κ3) is 4.50.